The van der Waals surface area contributed by atoms with E-state index in [-0.39, 0.29) is 17.7 Å². The Kier molecular flexibility index (Phi) is 8.87. The molecule has 4 N–H and O–H groups in total. The monoisotopic (exact) mass is 670 g/mol. The van der Waals surface area contributed by atoms with E-state index in [9.17, 15) is 19.6 Å². The van der Waals surface area contributed by atoms with E-state index < -0.39 is 5.91 Å². The summed E-state index contributed by atoms with van der Waals surface area (Å²) in [5.74, 6) is -0.505. The molecule has 0 saturated heterocycles. The first kappa shape index (κ1) is 32.2. The Labute approximate surface area is 290 Å². The fraction of sp³-hybridized carbons (Fsp3) is 0.0500. The van der Waals surface area contributed by atoms with Gasteiger partial charge in [0.05, 0.1) is 48.1 Å². The fourth-order valence-corrected chi connectivity index (χ4v) is 5.92. The quantitative estimate of drug-likeness (QED) is 0.192. The molecule has 4 heterocycles. The van der Waals surface area contributed by atoms with Crippen LogP contribution in [-0.4, -0.2) is 35.4 Å². The van der Waals surface area contributed by atoms with Crippen LogP contribution < -0.4 is 16.9 Å². The van der Waals surface area contributed by atoms with Crippen LogP contribution in [0.25, 0.3) is 44.1 Å². The number of nitrogens with zero attached hydrogens (tertiary/aromatic N) is 5. The van der Waals surface area contributed by atoms with Crippen LogP contribution in [-0.2, 0) is 13.1 Å². The van der Waals surface area contributed by atoms with Gasteiger partial charge in [0.25, 0.3) is 11.1 Å². The Hall–Kier alpha value is -7.32. The van der Waals surface area contributed by atoms with E-state index in [1.54, 1.807) is 64.1 Å². The maximum atomic E-state index is 12.3. The predicted octanol–water partition coefficient (Wildman–Crippen LogP) is 5.85. The van der Waals surface area contributed by atoms with Crippen molar-refractivity contribution in [2.24, 2.45) is 5.73 Å². The number of aromatic amines is 2. The number of amides is 1. The molecule has 1 amide bonds. The topological polar surface area (TPSA) is 168 Å². The molecule has 248 valence electrons. The minimum atomic E-state index is -0.505. The lowest BCUT2D eigenvalue weighted by Gasteiger charge is -2.11. The van der Waals surface area contributed by atoms with Crippen molar-refractivity contribution in [1.82, 2.24) is 29.5 Å². The average molecular weight is 671 g/mol. The van der Waals surface area contributed by atoms with Gasteiger partial charge in [-0.1, -0.05) is 60.7 Å². The summed E-state index contributed by atoms with van der Waals surface area (Å²) < 4.78 is 3.21. The van der Waals surface area contributed by atoms with Gasteiger partial charge in [0, 0.05) is 40.9 Å². The van der Waals surface area contributed by atoms with Crippen molar-refractivity contribution in [3.63, 3.8) is 0 Å². The second-order valence-electron chi connectivity index (χ2n) is 11.9. The van der Waals surface area contributed by atoms with Gasteiger partial charge in [-0.05, 0) is 69.8 Å². The Morgan fingerprint density at radius 3 is 1.69 bits per heavy atom. The number of primary amides is 1. The highest BCUT2D eigenvalue weighted by atomic mass is 16.1. The lowest BCUT2D eigenvalue weighted by Crippen LogP contribution is -2.21. The number of nitriles is 1. The van der Waals surface area contributed by atoms with Crippen molar-refractivity contribution in [2.45, 2.75) is 13.1 Å². The van der Waals surface area contributed by atoms with Crippen LogP contribution in [0.5, 0.6) is 0 Å². The molecule has 0 aliphatic carbocycles. The summed E-state index contributed by atoms with van der Waals surface area (Å²) in [7, 11) is 0. The van der Waals surface area contributed by atoms with Crippen LogP contribution in [0.1, 0.15) is 27.0 Å². The number of fused-ring (bicyclic) bond motifs is 2. The van der Waals surface area contributed by atoms with Crippen LogP contribution in [0.15, 0.2) is 144 Å². The van der Waals surface area contributed by atoms with E-state index in [4.69, 9.17) is 5.73 Å². The molecule has 4 aromatic carbocycles. The third kappa shape index (κ3) is 6.97. The van der Waals surface area contributed by atoms with Crippen molar-refractivity contribution >= 4 is 27.7 Å². The van der Waals surface area contributed by atoms with Gasteiger partial charge in [0.2, 0.25) is 5.91 Å². The van der Waals surface area contributed by atoms with E-state index in [1.807, 2.05) is 72.9 Å². The summed E-state index contributed by atoms with van der Waals surface area (Å²) >= 11 is 0. The Bertz CT molecular complexity index is 2710. The van der Waals surface area contributed by atoms with Crippen molar-refractivity contribution < 1.29 is 4.79 Å². The molecule has 0 atom stereocenters. The van der Waals surface area contributed by atoms with Gasteiger partial charge < -0.3 is 14.9 Å². The molecule has 8 rings (SSSR count). The molecular weight excluding hydrogens is 640 g/mol. The van der Waals surface area contributed by atoms with Crippen molar-refractivity contribution in [3.8, 4) is 28.3 Å². The number of hydrogen-bond donors (Lipinski definition) is 3. The van der Waals surface area contributed by atoms with Gasteiger partial charge in [-0.2, -0.15) is 15.5 Å². The van der Waals surface area contributed by atoms with E-state index in [0.29, 0.717) is 23.2 Å². The van der Waals surface area contributed by atoms with E-state index >= 15 is 0 Å². The van der Waals surface area contributed by atoms with Gasteiger partial charge in [0.15, 0.2) is 0 Å². The number of carbonyl (C=O) groups excluding carboxylic acids is 1. The molecule has 0 fully saturated rings. The first-order valence-electron chi connectivity index (χ1n) is 16.0. The largest absolute Gasteiger partial charge is 0.366 e. The van der Waals surface area contributed by atoms with E-state index in [1.165, 1.54) is 6.07 Å². The third-order valence-corrected chi connectivity index (χ3v) is 8.62. The zero-order chi connectivity index (χ0) is 35.3. The van der Waals surface area contributed by atoms with E-state index in [2.05, 4.69) is 26.5 Å². The number of H-pyrrole nitrogens is 2. The van der Waals surface area contributed by atoms with Crippen LogP contribution in [0.2, 0.25) is 0 Å². The highest BCUT2D eigenvalue weighted by Crippen LogP contribution is 2.24. The molecule has 0 aliphatic rings. The standard InChI is InChI=1S/C20H16N4O2.C20H14N4O/c21-20(26)17-4-2-1-3-16(17)12-24-11-15(7-8-19(24)25)13-5-6-14-10-22-23-18(14)9-13;21-10-15-3-1-2-4-17(15)12-24-13-18(7-8-20(24)25)14-5-6-16-11-22-23-19(16)9-14/h1-11H,12H2,(H2,21,26)(H,22,23);1-9,11,13H,12H2,(H,22,23). The molecule has 0 unspecified atom stereocenters. The molecule has 0 radical (unpaired) electrons. The smallest absolute Gasteiger partial charge is 0.250 e. The predicted molar refractivity (Wildman–Crippen MR) is 196 cm³/mol. The number of nitrogens with one attached hydrogen (secondary N) is 2. The molecule has 0 saturated carbocycles. The number of nitrogens with two attached hydrogens (primary N) is 1. The van der Waals surface area contributed by atoms with E-state index in [0.717, 1.165) is 49.6 Å². The lowest BCUT2D eigenvalue weighted by molar-refractivity contribution is 0.0999. The first-order chi connectivity index (χ1) is 24.9. The molecule has 0 aliphatic heterocycles. The van der Waals surface area contributed by atoms with Crippen LogP contribution >= 0.6 is 0 Å². The minimum Gasteiger partial charge on any atom is -0.366 e. The number of hydrogen-bond acceptors (Lipinski definition) is 6. The number of benzene rings is 4. The van der Waals surface area contributed by atoms with Gasteiger partial charge in [-0.3, -0.25) is 24.6 Å². The number of rotatable bonds is 7. The van der Waals surface area contributed by atoms with Gasteiger partial charge in [0.1, 0.15) is 0 Å². The third-order valence-electron chi connectivity index (χ3n) is 8.62. The summed E-state index contributed by atoms with van der Waals surface area (Å²) in [4.78, 5) is 36.1. The van der Waals surface area contributed by atoms with Gasteiger partial charge in [-0.25, -0.2) is 0 Å². The van der Waals surface area contributed by atoms with Crippen molar-refractivity contribution in [2.75, 3.05) is 0 Å². The normalized spacial score (nSPS) is 10.8. The molecule has 0 spiro atoms. The highest BCUT2D eigenvalue weighted by Gasteiger charge is 2.10. The van der Waals surface area contributed by atoms with Crippen molar-refractivity contribution in [1.29, 1.82) is 5.26 Å². The second kappa shape index (κ2) is 14.0. The lowest BCUT2D eigenvalue weighted by atomic mass is 10.1. The molecule has 51 heavy (non-hydrogen) atoms. The van der Waals surface area contributed by atoms with Crippen LogP contribution in [0.4, 0.5) is 0 Å². The summed E-state index contributed by atoms with van der Waals surface area (Å²) in [5.41, 5.74) is 13.4. The van der Waals surface area contributed by atoms with Gasteiger partial charge >= 0.3 is 0 Å². The number of pyridine rings is 2. The SMILES string of the molecule is N#Cc1ccccc1Cn1cc(-c2ccc3cn[nH]c3c2)ccc1=O.NC(=O)c1ccccc1Cn1cc(-c2ccc3cn[nH]c3c2)ccc1=O. The zero-order valence-corrected chi connectivity index (χ0v) is 27.2. The number of aromatic nitrogens is 6. The first-order valence-corrected chi connectivity index (χ1v) is 16.0. The second-order valence-corrected chi connectivity index (χ2v) is 11.9. The Balaban J connectivity index is 0.000000159. The van der Waals surface area contributed by atoms with Gasteiger partial charge in [-0.15, -0.1) is 0 Å². The molecule has 0 bridgehead atoms. The molecule has 8 aromatic rings. The molecule has 11 heteroatoms. The molecular formula is C40H30N8O3. The summed E-state index contributed by atoms with van der Waals surface area (Å²) in [5, 5.41) is 25.3. The number of carbonyl (C=O) groups is 1. The Morgan fingerprint density at radius 2 is 1.14 bits per heavy atom. The summed E-state index contributed by atoms with van der Waals surface area (Å²) in [6.07, 6.45) is 7.16. The van der Waals surface area contributed by atoms with Crippen LogP contribution in [0.3, 0.4) is 0 Å². The average Bonchev–Trinajstić information content (AvgIpc) is 3.83. The zero-order valence-electron chi connectivity index (χ0n) is 27.2. The highest BCUT2D eigenvalue weighted by molar-refractivity contribution is 5.94. The minimum absolute atomic E-state index is 0.0980. The summed E-state index contributed by atoms with van der Waals surface area (Å²) in [6, 6.07) is 35.2. The summed E-state index contributed by atoms with van der Waals surface area (Å²) in [6.45, 7) is 0.640. The van der Waals surface area contributed by atoms with Crippen LogP contribution in [0, 0.1) is 11.3 Å². The molecule has 11 nitrogen and oxygen atoms in total. The molecule has 4 aromatic heterocycles. The maximum absolute atomic E-state index is 12.3. The Morgan fingerprint density at radius 1 is 0.647 bits per heavy atom. The van der Waals surface area contributed by atoms with Crippen molar-refractivity contribution in [3.05, 3.63) is 177 Å². The maximum Gasteiger partial charge on any atom is 0.250 e. The fourth-order valence-electron chi connectivity index (χ4n) is 5.92.